The molecule has 0 bridgehead atoms. The van der Waals surface area contributed by atoms with Crippen molar-refractivity contribution in [2.75, 3.05) is 11.9 Å². The Kier molecular flexibility index (Phi) is 5.32. The number of nitrogens with one attached hydrogen (secondary N) is 1. The molecule has 5 nitrogen and oxygen atoms in total. The van der Waals surface area contributed by atoms with E-state index in [4.69, 9.17) is 9.84 Å². The third-order valence-corrected chi connectivity index (χ3v) is 2.18. The van der Waals surface area contributed by atoms with Crippen LogP contribution in [0.3, 0.4) is 0 Å². The molecule has 0 aliphatic rings. The van der Waals surface area contributed by atoms with Gasteiger partial charge in [0.25, 0.3) is 0 Å². The molecule has 98 valence electrons. The van der Waals surface area contributed by atoms with Crippen molar-refractivity contribution < 1.29 is 19.4 Å². The van der Waals surface area contributed by atoms with Crippen LogP contribution in [0.15, 0.2) is 24.3 Å². The Labute approximate surface area is 106 Å². The van der Waals surface area contributed by atoms with Gasteiger partial charge < -0.3 is 15.2 Å². The predicted octanol–water partition coefficient (Wildman–Crippen LogP) is 1.68. The molecule has 18 heavy (non-hydrogen) atoms. The molecule has 0 atom stereocenters. The summed E-state index contributed by atoms with van der Waals surface area (Å²) in [6.07, 6.45) is -0.147. The number of ether oxygens (including phenoxy) is 1. The highest BCUT2D eigenvalue weighted by atomic mass is 16.5. The van der Waals surface area contributed by atoms with Crippen molar-refractivity contribution in [1.29, 1.82) is 0 Å². The third-order valence-electron chi connectivity index (χ3n) is 2.18. The highest BCUT2D eigenvalue weighted by Crippen LogP contribution is 2.15. The molecular formula is C13H17NO4. The lowest BCUT2D eigenvalue weighted by molar-refractivity contribution is -0.136. The van der Waals surface area contributed by atoms with Gasteiger partial charge in [0.2, 0.25) is 5.91 Å². The fraction of sp³-hybridized carbons (Fsp3) is 0.385. The molecule has 0 fully saturated rings. The molecule has 5 heteroatoms. The number of carboxylic acids is 1. The van der Waals surface area contributed by atoms with Gasteiger partial charge in [0.05, 0.1) is 12.5 Å². The van der Waals surface area contributed by atoms with Gasteiger partial charge >= 0.3 is 5.97 Å². The molecule has 1 aromatic rings. The van der Waals surface area contributed by atoms with Gasteiger partial charge in [0.1, 0.15) is 6.61 Å². The number of benzene rings is 1. The Balaban J connectivity index is 2.65. The van der Waals surface area contributed by atoms with Gasteiger partial charge in [0, 0.05) is 5.69 Å². The van der Waals surface area contributed by atoms with Gasteiger partial charge in [-0.1, -0.05) is 18.2 Å². The van der Waals surface area contributed by atoms with E-state index in [1.807, 2.05) is 13.8 Å². The minimum absolute atomic E-state index is 0.0231. The lowest BCUT2D eigenvalue weighted by atomic mass is 10.1. The van der Waals surface area contributed by atoms with Gasteiger partial charge in [-0.15, -0.1) is 0 Å². The Morgan fingerprint density at radius 2 is 2.00 bits per heavy atom. The van der Waals surface area contributed by atoms with E-state index in [9.17, 15) is 9.59 Å². The Hall–Kier alpha value is -1.88. The molecule has 0 heterocycles. The molecule has 1 aromatic carbocycles. The van der Waals surface area contributed by atoms with Crippen LogP contribution in [0.1, 0.15) is 19.4 Å². The first-order valence-corrected chi connectivity index (χ1v) is 5.70. The van der Waals surface area contributed by atoms with E-state index >= 15 is 0 Å². The molecule has 0 radical (unpaired) electrons. The van der Waals surface area contributed by atoms with Crippen LogP contribution in [-0.2, 0) is 20.7 Å². The van der Waals surface area contributed by atoms with Crippen molar-refractivity contribution in [2.24, 2.45) is 0 Å². The maximum atomic E-state index is 11.6. The number of aliphatic carboxylic acids is 1. The molecule has 0 aliphatic heterocycles. The van der Waals surface area contributed by atoms with Crippen LogP contribution in [0.25, 0.3) is 0 Å². The quantitative estimate of drug-likeness (QED) is 0.806. The summed E-state index contributed by atoms with van der Waals surface area (Å²) in [6.45, 7) is 3.64. The molecule has 0 saturated heterocycles. The number of hydrogen-bond acceptors (Lipinski definition) is 3. The first kappa shape index (κ1) is 14.2. The Bertz CT molecular complexity index is 429. The zero-order chi connectivity index (χ0) is 13.5. The Morgan fingerprint density at radius 1 is 1.33 bits per heavy atom. The van der Waals surface area contributed by atoms with E-state index in [1.54, 1.807) is 24.3 Å². The average molecular weight is 251 g/mol. The molecule has 0 spiro atoms. The summed E-state index contributed by atoms with van der Waals surface area (Å²) < 4.78 is 5.17. The summed E-state index contributed by atoms with van der Waals surface area (Å²) in [6, 6.07) is 6.82. The van der Waals surface area contributed by atoms with E-state index < -0.39 is 5.97 Å². The van der Waals surface area contributed by atoms with E-state index in [1.165, 1.54) is 0 Å². The van der Waals surface area contributed by atoms with E-state index in [2.05, 4.69) is 5.32 Å². The van der Waals surface area contributed by atoms with Crippen molar-refractivity contribution in [3.63, 3.8) is 0 Å². The summed E-state index contributed by atoms with van der Waals surface area (Å²) in [4.78, 5) is 22.3. The largest absolute Gasteiger partial charge is 0.481 e. The van der Waals surface area contributed by atoms with Crippen LogP contribution < -0.4 is 5.32 Å². The number of hydrogen-bond donors (Lipinski definition) is 2. The van der Waals surface area contributed by atoms with Crippen molar-refractivity contribution in [3.05, 3.63) is 29.8 Å². The van der Waals surface area contributed by atoms with Crippen molar-refractivity contribution in [3.8, 4) is 0 Å². The predicted molar refractivity (Wildman–Crippen MR) is 67.5 cm³/mol. The fourth-order valence-electron chi connectivity index (χ4n) is 1.39. The summed E-state index contributed by atoms with van der Waals surface area (Å²) in [5.74, 6) is -1.23. The number of carbonyl (C=O) groups excluding carboxylic acids is 1. The normalized spacial score (nSPS) is 10.4. The molecule has 0 aliphatic carbocycles. The molecular weight excluding hydrogens is 234 g/mol. The summed E-state index contributed by atoms with van der Waals surface area (Å²) in [5, 5.41) is 11.4. The second-order valence-corrected chi connectivity index (χ2v) is 4.14. The molecule has 2 N–H and O–H groups in total. The maximum absolute atomic E-state index is 11.6. The maximum Gasteiger partial charge on any atom is 0.307 e. The SMILES string of the molecule is CC(C)OCC(=O)Nc1ccccc1CC(=O)O. The molecule has 0 unspecified atom stereocenters. The lowest BCUT2D eigenvalue weighted by Crippen LogP contribution is -2.21. The van der Waals surface area contributed by atoms with Crippen LogP contribution in [-0.4, -0.2) is 29.7 Å². The Morgan fingerprint density at radius 3 is 2.61 bits per heavy atom. The van der Waals surface area contributed by atoms with Gasteiger partial charge in [-0.05, 0) is 25.5 Å². The number of carboxylic acid groups (broad SMARTS) is 1. The minimum atomic E-state index is -0.935. The second-order valence-electron chi connectivity index (χ2n) is 4.14. The smallest absolute Gasteiger partial charge is 0.307 e. The van der Waals surface area contributed by atoms with Crippen LogP contribution in [0, 0.1) is 0 Å². The van der Waals surface area contributed by atoms with E-state index in [0.29, 0.717) is 11.3 Å². The van der Waals surface area contributed by atoms with Crippen LogP contribution in [0.5, 0.6) is 0 Å². The average Bonchev–Trinajstić information content (AvgIpc) is 2.28. The van der Waals surface area contributed by atoms with Crippen molar-refractivity contribution in [2.45, 2.75) is 26.4 Å². The highest BCUT2D eigenvalue weighted by Gasteiger charge is 2.09. The lowest BCUT2D eigenvalue weighted by Gasteiger charge is -2.11. The second kappa shape index (κ2) is 6.76. The first-order chi connectivity index (χ1) is 8.49. The van der Waals surface area contributed by atoms with Gasteiger partial charge in [-0.2, -0.15) is 0 Å². The zero-order valence-corrected chi connectivity index (χ0v) is 10.5. The van der Waals surface area contributed by atoms with Gasteiger partial charge in [-0.3, -0.25) is 9.59 Å². The summed E-state index contributed by atoms with van der Waals surface area (Å²) in [7, 11) is 0. The monoisotopic (exact) mass is 251 g/mol. The third kappa shape index (κ3) is 4.97. The number of anilines is 1. The number of carbonyl (C=O) groups is 2. The van der Waals surface area contributed by atoms with Gasteiger partial charge in [-0.25, -0.2) is 0 Å². The van der Waals surface area contributed by atoms with Crippen molar-refractivity contribution in [1.82, 2.24) is 0 Å². The molecule has 1 rings (SSSR count). The van der Waals surface area contributed by atoms with E-state index in [-0.39, 0.29) is 25.0 Å². The fourth-order valence-corrected chi connectivity index (χ4v) is 1.39. The van der Waals surface area contributed by atoms with Gasteiger partial charge in [0.15, 0.2) is 0 Å². The number of amides is 1. The van der Waals surface area contributed by atoms with Crippen LogP contribution in [0.4, 0.5) is 5.69 Å². The standard InChI is InChI=1S/C13H17NO4/c1-9(2)18-8-12(15)14-11-6-4-3-5-10(11)7-13(16)17/h3-6,9H,7-8H2,1-2H3,(H,14,15)(H,16,17). The topological polar surface area (TPSA) is 75.6 Å². The molecule has 0 aromatic heterocycles. The molecule has 1 amide bonds. The summed E-state index contributed by atoms with van der Waals surface area (Å²) >= 11 is 0. The number of rotatable bonds is 6. The number of para-hydroxylation sites is 1. The minimum Gasteiger partial charge on any atom is -0.481 e. The molecule has 0 saturated carbocycles. The van der Waals surface area contributed by atoms with Crippen LogP contribution >= 0.6 is 0 Å². The highest BCUT2D eigenvalue weighted by molar-refractivity contribution is 5.93. The van der Waals surface area contributed by atoms with Crippen molar-refractivity contribution >= 4 is 17.6 Å². The van der Waals surface area contributed by atoms with E-state index in [0.717, 1.165) is 0 Å². The zero-order valence-electron chi connectivity index (χ0n) is 10.5. The van der Waals surface area contributed by atoms with Crippen LogP contribution in [0.2, 0.25) is 0 Å². The first-order valence-electron chi connectivity index (χ1n) is 5.70. The summed E-state index contributed by atoms with van der Waals surface area (Å²) in [5.41, 5.74) is 1.08.